The molecular weight excluding hydrogens is 332 g/mol. The fourth-order valence-corrected chi connectivity index (χ4v) is 2.74. The van der Waals surface area contributed by atoms with Crippen LogP contribution >= 0.6 is 27.5 Å². The average molecular weight is 344 g/mol. The van der Waals surface area contributed by atoms with Gasteiger partial charge >= 0.3 is 0 Å². The summed E-state index contributed by atoms with van der Waals surface area (Å²) < 4.78 is 1.07. The highest BCUT2D eigenvalue weighted by atomic mass is 79.9. The first-order chi connectivity index (χ1) is 9.74. The van der Waals surface area contributed by atoms with E-state index in [0.717, 1.165) is 15.1 Å². The summed E-state index contributed by atoms with van der Waals surface area (Å²) in [6.45, 7) is 0. The number of hydrogen-bond donors (Lipinski definition) is 0. The molecule has 0 amide bonds. The Morgan fingerprint density at radius 3 is 2.00 bits per heavy atom. The van der Waals surface area contributed by atoms with E-state index in [4.69, 9.17) is 11.6 Å². The predicted molar refractivity (Wildman–Crippen MR) is 90.0 cm³/mol. The molecule has 3 aromatic carbocycles. The van der Waals surface area contributed by atoms with E-state index in [1.807, 2.05) is 18.2 Å². The minimum atomic E-state index is 0.755. The fraction of sp³-hybridized carbons (Fsp3) is 0. The van der Waals surface area contributed by atoms with E-state index >= 15 is 0 Å². The van der Waals surface area contributed by atoms with Gasteiger partial charge in [-0.3, -0.25) is 0 Å². The van der Waals surface area contributed by atoms with Gasteiger partial charge in [-0.15, -0.1) is 0 Å². The smallest absolute Gasteiger partial charge is 0.0406 e. The van der Waals surface area contributed by atoms with Gasteiger partial charge in [-0.1, -0.05) is 76.1 Å². The summed E-state index contributed by atoms with van der Waals surface area (Å²) in [5, 5.41) is 0.755. The number of rotatable bonds is 2. The average Bonchev–Trinajstić information content (AvgIpc) is 2.49. The molecule has 2 heteroatoms. The molecule has 0 radical (unpaired) electrons. The van der Waals surface area contributed by atoms with Crippen LogP contribution < -0.4 is 0 Å². The third kappa shape index (κ3) is 2.79. The lowest BCUT2D eigenvalue weighted by Crippen LogP contribution is -1.85. The summed E-state index contributed by atoms with van der Waals surface area (Å²) in [5.41, 5.74) is 4.79. The van der Waals surface area contributed by atoms with Gasteiger partial charge < -0.3 is 0 Å². The van der Waals surface area contributed by atoms with Crippen molar-refractivity contribution in [2.75, 3.05) is 0 Å². The standard InChI is InChI=1S/C18H12BrCl/c19-15-8-11-17(13-4-2-1-3-5-13)18(12-15)14-6-9-16(20)10-7-14/h1-12H. The summed E-state index contributed by atoms with van der Waals surface area (Å²) >= 11 is 9.53. The molecule has 0 fully saturated rings. The molecule has 0 spiro atoms. The molecule has 0 saturated carbocycles. The van der Waals surface area contributed by atoms with Crippen LogP contribution in [0.3, 0.4) is 0 Å². The summed E-state index contributed by atoms with van der Waals surface area (Å²) in [7, 11) is 0. The molecule has 20 heavy (non-hydrogen) atoms. The minimum Gasteiger partial charge on any atom is -0.0843 e. The SMILES string of the molecule is Clc1ccc(-c2cc(Br)ccc2-c2ccccc2)cc1. The first-order valence-corrected chi connectivity index (χ1v) is 7.52. The van der Waals surface area contributed by atoms with E-state index in [0.29, 0.717) is 0 Å². The van der Waals surface area contributed by atoms with Crippen LogP contribution in [0.25, 0.3) is 22.3 Å². The molecule has 0 saturated heterocycles. The normalized spacial score (nSPS) is 10.5. The monoisotopic (exact) mass is 342 g/mol. The second-order valence-electron chi connectivity index (χ2n) is 4.56. The maximum absolute atomic E-state index is 5.98. The third-order valence-electron chi connectivity index (χ3n) is 3.22. The van der Waals surface area contributed by atoms with Gasteiger partial charge in [-0.05, 0) is 46.5 Å². The lowest BCUT2D eigenvalue weighted by Gasteiger charge is -2.11. The summed E-state index contributed by atoms with van der Waals surface area (Å²) in [6, 6.07) is 24.7. The van der Waals surface area contributed by atoms with Crippen molar-refractivity contribution in [2.45, 2.75) is 0 Å². The highest BCUT2D eigenvalue weighted by molar-refractivity contribution is 9.10. The molecule has 0 aromatic heterocycles. The van der Waals surface area contributed by atoms with Gasteiger partial charge in [0, 0.05) is 9.50 Å². The van der Waals surface area contributed by atoms with Crippen molar-refractivity contribution in [3.8, 4) is 22.3 Å². The van der Waals surface area contributed by atoms with E-state index in [-0.39, 0.29) is 0 Å². The first kappa shape index (κ1) is 13.4. The van der Waals surface area contributed by atoms with Crippen LogP contribution in [0.2, 0.25) is 5.02 Å². The molecule has 0 atom stereocenters. The van der Waals surface area contributed by atoms with Crippen LogP contribution in [0.4, 0.5) is 0 Å². The van der Waals surface area contributed by atoms with Crippen molar-refractivity contribution in [1.29, 1.82) is 0 Å². The Bertz CT molecular complexity index is 718. The molecule has 0 heterocycles. The Hall–Kier alpha value is -1.57. The van der Waals surface area contributed by atoms with Gasteiger partial charge in [-0.2, -0.15) is 0 Å². The third-order valence-corrected chi connectivity index (χ3v) is 3.97. The minimum absolute atomic E-state index is 0.755. The quantitative estimate of drug-likeness (QED) is 0.502. The Labute approximate surface area is 132 Å². The number of hydrogen-bond acceptors (Lipinski definition) is 0. The van der Waals surface area contributed by atoms with Crippen LogP contribution in [-0.2, 0) is 0 Å². The summed E-state index contributed by atoms with van der Waals surface area (Å²) in [5.74, 6) is 0. The van der Waals surface area contributed by atoms with Gasteiger partial charge in [-0.25, -0.2) is 0 Å². The fourth-order valence-electron chi connectivity index (χ4n) is 2.25. The predicted octanol–water partition coefficient (Wildman–Crippen LogP) is 6.44. The Kier molecular flexibility index (Phi) is 3.90. The molecule has 0 N–H and O–H groups in total. The van der Waals surface area contributed by atoms with Crippen molar-refractivity contribution in [3.63, 3.8) is 0 Å². The molecule has 0 bridgehead atoms. The molecule has 3 rings (SSSR count). The molecule has 0 aliphatic rings. The van der Waals surface area contributed by atoms with Gasteiger partial charge in [0.05, 0.1) is 0 Å². The van der Waals surface area contributed by atoms with E-state index in [2.05, 4.69) is 70.5 Å². The van der Waals surface area contributed by atoms with Gasteiger partial charge in [0.2, 0.25) is 0 Å². The molecule has 3 aromatic rings. The topological polar surface area (TPSA) is 0 Å². The zero-order valence-electron chi connectivity index (χ0n) is 10.7. The molecule has 0 unspecified atom stereocenters. The Balaban J connectivity index is 2.19. The van der Waals surface area contributed by atoms with Gasteiger partial charge in [0.1, 0.15) is 0 Å². The van der Waals surface area contributed by atoms with E-state index in [9.17, 15) is 0 Å². The van der Waals surface area contributed by atoms with E-state index < -0.39 is 0 Å². The molecule has 0 nitrogen and oxygen atoms in total. The van der Waals surface area contributed by atoms with Gasteiger partial charge in [0.15, 0.2) is 0 Å². The van der Waals surface area contributed by atoms with Crippen LogP contribution in [0.15, 0.2) is 77.3 Å². The van der Waals surface area contributed by atoms with Crippen LogP contribution in [0.5, 0.6) is 0 Å². The molecular formula is C18H12BrCl. The second kappa shape index (κ2) is 5.82. The van der Waals surface area contributed by atoms with Crippen LogP contribution in [0, 0.1) is 0 Å². The Morgan fingerprint density at radius 2 is 1.30 bits per heavy atom. The lowest BCUT2D eigenvalue weighted by molar-refractivity contribution is 1.56. The van der Waals surface area contributed by atoms with Crippen molar-refractivity contribution in [2.24, 2.45) is 0 Å². The second-order valence-corrected chi connectivity index (χ2v) is 5.91. The van der Waals surface area contributed by atoms with Crippen molar-refractivity contribution in [1.82, 2.24) is 0 Å². The largest absolute Gasteiger partial charge is 0.0843 e. The highest BCUT2D eigenvalue weighted by Crippen LogP contribution is 2.34. The number of benzene rings is 3. The molecule has 98 valence electrons. The van der Waals surface area contributed by atoms with Gasteiger partial charge in [0.25, 0.3) is 0 Å². The van der Waals surface area contributed by atoms with Crippen LogP contribution in [0.1, 0.15) is 0 Å². The summed E-state index contributed by atoms with van der Waals surface area (Å²) in [6.07, 6.45) is 0. The maximum Gasteiger partial charge on any atom is 0.0406 e. The van der Waals surface area contributed by atoms with E-state index in [1.165, 1.54) is 16.7 Å². The molecule has 0 aliphatic carbocycles. The zero-order chi connectivity index (χ0) is 13.9. The van der Waals surface area contributed by atoms with Crippen LogP contribution in [-0.4, -0.2) is 0 Å². The highest BCUT2D eigenvalue weighted by Gasteiger charge is 2.08. The summed E-state index contributed by atoms with van der Waals surface area (Å²) in [4.78, 5) is 0. The number of halogens is 2. The van der Waals surface area contributed by atoms with E-state index in [1.54, 1.807) is 0 Å². The Morgan fingerprint density at radius 1 is 0.650 bits per heavy atom. The zero-order valence-corrected chi connectivity index (χ0v) is 13.0. The van der Waals surface area contributed by atoms with Crippen molar-refractivity contribution < 1.29 is 0 Å². The molecule has 0 aliphatic heterocycles. The maximum atomic E-state index is 5.98. The van der Waals surface area contributed by atoms with Crippen molar-refractivity contribution in [3.05, 3.63) is 82.3 Å². The first-order valence-electron chi connectivity index (χ1n) is 6.35. The van der Waals surface area contributed by atoms with Crippen molar-refractivity contribution >= 4 is 27.5 Å². The lowest BCUT2D eigenvalue weighted by atomic mass is 9.95.